The maximum Gasteiger partial charge on any atom is 0.128 e. The summed E-state index contributed by atoms with van der Waals surface area (Å²) in [6.07, 6.45) is 2.29. The summed E-state index contributed by atoms with van der Waals surface area (Å²) in [5.41, 5.74) is 1.51. The van der Waals surface area contributed by atoms with Crippen LogP contribution in [0.2, 0.25) is 0 Å². The van der Waals surface area contributed by atoms with Gasteiger partial charge in [0.05, 0.1) is 18.8 Å². The average molecular weight is 253 g/mol. The fourth-order valence-electron chi connectivity index (χ4n) is 2.28. The SMILES string of the molecule is Cc1ccc(F)c(C(CO)NCC2CCCO2)c1. The van der Waals surface area contributed by atoms with Gasteiger partial charge in [0.25, 0.3) is 0 Å². The molecular formula is C14H20FNO2. The van der Waals surface area contributed by atoms with Gasteiger partial charge in [-0.1, -0.05) is 17.7 Å². The zero-order valence-corrected chi connectivity index (χ0v) is 10.7. The van der Waals surface area contributed by atoms with Crippen LogP contribution in [0.15, 0.2) is 18.2 Å². The second-order valence-electron chi connectivity index (χ2n) is 4.80. The molecule has 1 aliphatic rings. The van der Waals surface area contributed by atoms with Crippen LogP contribution in [0.4, 0.5) is 4.39 Å². The molecule has 1 fully saturated rings. The van der Waals surface area contributed by atoms with Crippen molar-refractivity contribution in [1.29, 1.82) is 0 Å². The lowest BCUT2D eigenvalue weighted by Gasteiger charge is -2.20. The monoisotopic (exact) mass is 253 g/mol. The van der Waals surface area contributed by atoms with Crippen LogP contribution < -0.4 is 5.32 Å². The van der Waals surface area contributed by atoms with Gasteiger partial charge in [0, 0.05) is 18.7 Å². The number of rotatable bonds is 5. The highest BCUT2D eigenvalue weighted by molar-refractivity contribution is 5.27. The molecular weight excluding hydrogens is 233 g/mol. The molecule has 0 spiro atoms. The van der Waals surface area contributed by atoms with E-state index in [2.05, 4.69) is 5.32 Å². The van der Waals surface area contributed by atoms with Crippen LogP contribution in [0.3, 0.4) is 0 Å². The third kappa shape index (κ3) is 3.28. The molecule has 2 unspecified atom stereocenters. The molecule has 100 valence electrons. The number of aryl methyl sites for hydroxylation is 1. The molecule has 1 aromatic rings. The maximum absolute atomic E-state index is 13.7. The Kier molecular flexibility index (Phi) is 4.69. The van der Waals surface area contributed by atoms with E-state index in [9.17, 15) is 9.50 Å². The highest BCUT2D eigenvalue weighted by atomic mass is 19.1. The number of aliphatic hydroxyl groups is 1. The molecule has 0 amide bonds. The molecule has 0 aliphatic carbocycles. The van der Waals surface area contributed by atoms with Crippen molar-refractivity contribution in [1.82, 2.24) is 5.32 Å². The van der Waals surface area contributed by atoms with Crippen LogP contribution in [0.25, 0.3) is 0 Å². The Morgan fingerprint density at radius 1 is 1.56 bits per heavy atom. The van der Waals surface area contributed by atoms with Gasteiger partial charge in [0.1, 0.15) is 5.82 Å². The quantitative estimate of drug-likeness (QED) is 0.842. The smallest absolute Gasteiger partial charge is 0.128 e. The Morgan fingerprint density at radius 3 is 3.06 bits per heavy atom. The van der Waals surface area contributed by atoms with E-state index in [0.717, 1.165) is 25.0 Å². The van der Waals surface area contributed by atoms with Crippen molar-refractivity contribution in [3.8, 4) is 0 Å². The summed E-state index contributed by atoms with van der Waals surface area (Å²) in [7, 11) is 0. The van der Waals surface area contributed by atoms with Gasteiger partial charge in [-0.3, -0.25) is 0 Å². The lowest BCUT2D eigenvalue weighted by molar-refractivity contribution is 0.103. The van der Waals surface area contributed by atoms with Crippen LogP contribution in [0.1, 0.15) is 30.0 Å². The van der Waals surface area contributed by atoms with Crippen LogP contribution in [0, 0.1) is 12.7 Å². The lowest BCUT2D eigenvalue weighted by Crippen LogP contribution is -2.32. The van der Waals surface area contributed by atoms with E-state index in [1.807, 2.05) is 6.92 Å². The van der Waals surface area contributed by atoms with E-state index < -0.39 is 0 Å². The van der Waals surface area contributed by atoms with Crippen LogP contribution in [-0.4, -0.2) is 31.0 Å². The fraction of sp³-hybridized carbons (Fsp3) is 0.571. The first kappa shape index (κ1) is 13.5. The highest BCUT2D eigenvalue weighted by Gasteiger charge is 2.19. The second kappa shape index (κ2) is 6.27. The Hall–Kier alpha value is -0.970. The summed E-state index contributed by atoms with van der Waals surface area (Å²) in [5, 5.41) is 12.6. The predicted octanol–water partition coefficient (Wildman–Crippen LogP) is 1.94. The second-order valence-corrected chi connectivity index (χ2v) is 4.80. The Balaban J connectivity index is 2.00. The van der Waals surface area contributed by atoms with Crippen molar-refractivity contribution in [2.24, 2.45) is 0 Å². The third-order valence-corrected chi connectivity index (χ3v) is 3.33. The average Bonchev–Trinajstić information content (AvgIpc) is 2.87. The fourth-order valence-corrected chi connectivity index (χ4v) is 2.28. The van der Waals surface area contributed by atoms with Gasteiger partial charge >= 0.3 is 0 Å². The first-order valence-electron chi connectivity index (χ1n) is 6.42. The maximum atomic E-state index is 13.7. The summed E-state index contributed by atoms with van der Waals surface area (Å²) >= 11 is 0. The van der Waals surface area contributed by atoms with Gasteiger partial charge in [-0.15, -0.1) is 0 Å². The Labute approximate surface area is 107 Å². The molecule has 1 aliphatic heterocycles. The molecule has 1 saturated heterocycles. The van der Waals surface area contributed by atoms with Gasteiger partial charge < -0.3 is 15.2 Å². The standard InChI is InChI=1S/C14H20FNO2/c1-10-4-5-13(15)12(7-10)14(9-17)16-8-11-3-2-6-18-11/h4-5,7,11,14,16-17H,2-3,6,8-9H2,1H3. The number of aliphatic hydroxyl groups excluding tert-OH is 1. The number of nitrogens with one attached hydrogen (secondary N) is 1. The van der Waals surface area contributed by atoms with E-state index in [0.29, 0.717) is 12.1 Å². The summed E-state index contributed by atoms with van der Waals surface area (Å²) in [6.45, 7) is 3.25. The zero-order valence-electron chi connectivity index (χ0n) is 10.7. The molecule has 0 radical (unpaired) electrons. The van der Waals surface area contributed by atoms with Crippen LogP contribution in [-0.2, 0) is 4.74 Å². The summed E-state index contributed by atoms with van der Waals surface area (Å²) in [5.74, 6) is -0.278. The summed E-state index contributed by atoms with van der Waals surface area (Å²) in [6, 6.07) is 4.58. The molecule has 4 heteroatoms. The van der Waals surface area contributed by atoms with E-state index in [-0.39, 0.29) is 24.6 Å². The van der Waals surface area contributed by atoms with E-state index in [1.165, 1.54) is 6.07 Å². The van der Waals surface area contributed by atoms with E-state index in [1.54, 1.807) is 12.1 Å². The Morgan fingerprint density at radius 2 is 2.39 bits per heavy atom. The summed E-state index contributed by atoms with van der Waals surface area (Å²) < 4.78 is 19.2. The minimum atomic E-state index is -0.367. The number of hydrogen-bond acceptors (Lipinski definition) is 3. The zero-order chi connectivity index (χ0) is 13.0. The van der Waals surface area contributed by atoms with Crippen molar-refractivity contribution in [2.45, 2.75) is 31.9 Å². The molecule has 2 N–H and O–H groups in total. The molecule has 1 heterocycles. The normalized spacial score (nSPS) is 21.2. The molecule has 0 bridgehead atoms. The van der Waals surface area contributed by atoms with Crippen molar-refractivity contribution in [2.75, 3.05) is 19.8 Å². The molecule has 3 nitrogen and oxygen atoms in total. The third-order valence-electron chi connectivity index (χ3n) is 3.33. The van der Waals surface area contributed by atoms with Gasteiger partial charge in [0.2, 0.25) is 0 Å². The molecule has 0 saturated carbocycles. The molecule has 18 heavy (non-hydrogen) atoms. The van der Waals surface area contributed by atoms with Crippen molar-refractivity contribution < 1.29 is 14.2 Å². The first-order chi connectivity index (χ1) is 8.70. The minimum absolute atomic E-state index is 0.118. The van der Waals surface area contributed by atoms with E-state index >= 15 is 0 Å². The Bertz CT molecular complexity index is 391. The molecule has 2 atom stereocenters. The van der Waals surface area contributed by atoms with Gasteiger partial charge in [-0.05, 0) is 25.8 Å². The highest BCUT2D eigenvalue weighted by Crippen LogP contribution is 2.19. The van der Waals surface area contributed by atoms with Gasteiger partial charge in [0.15, 0.2) is 0 Å². The van der Waals surface area contributed by atoms with E-state index in [4.69, 9.17) is 4.74 Å². The lowest BCUT2D eigenvalue weighted by atomic mass is 10.0. The van der Waals surface area contributed by atoms with Gasteiger partial charge in [-0.2, -0.15) is 0 Å². The van der Waals surface area contributed by atoms with Crippen molar-refractivity contribution in [3.63, 3.8) is 0 Å². The van der Waals surface area contributed by atoms with Gasteiger partial charge in [-0.25, -0.2) is 4.39 Å². The topological polar surface area (TPSA) is 41.5 Å². The largest absolute Gasteiger partial charge is 0.394 e. The number of halogens is 1. The van der Waals surface area contributed by atoms with Crippen LogP contribution in [0.5, 0.6) is 0 Å². The first-order valence-corrected chi connectivity index (χ1v) is 6.42. The number of hydrogen-bond donors (Lipinski definition) is 2. The van der Waals surface area contributed by atoms with Crippen molar-refractivity contribution >= 4 is 0 Å². The van der Waals surface area contributed by atoms with Crippen molar-refractivity contribution in [3.05, 3.63) is 35.1 Å². The number of ether oxygens (including phenoxy) is 1. The molecule has 1 aromatic carbocycles. The van der Waals surface area contributed by atoms with Crippen LogP contribution >= 0.6 is 0 Å². The molecule has 2 rings (SSSR count). The minimum Gasteiger partial charge on any atom is -0.394 e. The summed E-state index contributed by atoms with van der Waals surface area (Å²) in [4.78, 5) is 0. The molecule has 0 aromatic heterocycles. The predicted molar refractivity (Wildman–Crippen MR) is 67.9 cm³/mol. The number of benzene rings is 1.